The van der Waals surface area contributed by atoms with E-state index in [0.29, 0.717) is 33.7 Å². The molecule has 0 spiro atoms. The van der Waals surface area contributed by atoms with Crippen LogP contribution in [0.5, 0.6) is 0 Å². The lowest BCUT2D eigenvalue weighted by atomic mass is 10.1. The van der Waals surface area contributed by atoms with Gasteiger partial charge in [-0.2, -0.15) is 14.5 Å². The number of anilines is 1. The number of benzene rings is 3. The molecule has 10 heteroatoms. The van der Waals surface area contributed by atoms with E-state index in [1.54, 1.807) is 42.9 Å². The Balaban J connectivity index is 1.52. The maximum absolute atomic E-state index is 13.3. The fraction of sp³-hybridized carbons (Fsp3) is 0. The van der Waals surface area contributed by atoms with Gasteiger partial charge >= 0.3 is 0 Å². The third-order valence-electron chi connectivity index (χ3n) is 6.65. The van der Waals surface area contributed by atoms with Crippen LogP contribution >= 0.6 is 11.6 Å². The first kappa shape index (κ1) is 24.2. The maximum Gasteiger partial charge on any atom is 0.283 e. The highest BCUT2D eigenvalue weighted by molar-refractivity contribution is 6.30. The van der Waals surface area contributed by atoms with Crippen LogP contribution in [0.3, 0.4) is 0 Å². The van der Waals surface area contributed by atoms with Gasteiger partial charge in [0.05, 0.1) is 0 Å². The molecule has 0 bridgehead atoms. The minimum Gasteiger partial charge on any atom is -0.384 e. The second-order valence-electron chi connectivity index (χ2n) is 9.04. The molecular weight excluding hydrogens is 512 g/mol. The molecule has 0 aliphatic carbocycles. The van der Waals surface area contributed by atoms with Crippen molar-refractivity contribution in [2.75, 3.05) is 5.73 Å². The third-order valence-corrected chi connectivity index (χ3v) is 6.90. The van der Waals surface area contributed by atoms with E-state index in [1.165, 1.54) is 0 Å². The van der Waals surface area contributed by atoms with Gasteiger partial charge in [-0.1, -0.05) is 48.0 Å². The van der Waals surface area contributed by atoms with Crippen molar-refractivity contribution in [3.8, 4) is 22.5 Å². The second-order valence-corrected chi connectivity index (χ2v) is 9.48. The SMILES string of the molecule is N=C(N)c1cccc([N+]2(c3ccc(Cl)cc3)C=Nc3c2nc(-c2ccc(-c4ccc(N)nc4)cc2)[nH]c3=O)c1. The van der Waals surface area contributed by atoms with E-state index in [1.807, 2.05) is 54.6 Å². The van der Waals surface area contributed by atoms with Gasteiger partial charge in [0.2, 0.25) is 12.0 Å². The lowest BCUT2D eigenvalue weighted by molar-refractivity contribution is 0.757. The van der Waals surface area contributed by atoms with Crippen molar-refractivity contribution < 1.29 is 0 Å². The molecular formula is C29H22ClN8O+. The Kier molecular flexibility index (Phi) is 5.79. The van der Waals surface area contributed by atoms with E-state index in [-0.39, 0.29) is 21.6 Å². The van der Waals surface area contributed by atoms with Gasteiger partial charge in [0, 0.05) is 52.2 Å². The normalized spacial score (nSPS) is 15.7. The number of aliphatic imine (C=N–C) groups is 1. The van der Waals surface area contributed by atoms with E-state index in [9.17, 15) is 4.79 Å². The van der Waals surface area contributed by atoms with Crippen LogP contribution in [0.4, 0.5) is 28.7 Å². The van der Waals surface area contributed by atoms with Crippen LogP contribution in [0.25, 0.3) is 22.5 Å². The summed E-state index contributed by atoms with van der Waals surface area (Å²) in [6.07, 6.45) is 3.38. The van der Waals surface area contributed by atoms with Gasteiger partial charge in [-0.3, -0.25) is 10.2 Å². The smallest absolute Gasteiger partial charge is 0.283 e. The molecule has 0 saturated carbocycles. The molecule has 3 heterocycles. The number of H-pyrrole nitrogens is 1. The fourth-order valence-corrected chi connectivity index (χ4v) is 4.77. The van der Waals surface area contributed by atoms with Crippen molar-refractivity contribution >= 4 is 52.5 Å². The molecule has 1 aliphatic rings. The first-order valence-electron chi connectivity index (χ1n) is 12.0. The summed E-state index contributed by atoms with van der Waals surface area (Å²) in [7, 11) is 0. The Morgan fingerprint density at radius 3 is 2.31 bits per heavy atom. The number of aromatic amines is 1. The molecule has 1 aliphatic heterocycles. The Hall–Kier alpha value is -5.12. The van der Waals surface area contributed by atoms with Crippen LogP contribution < -0.4 is 21.5 Å². The molecule has 3 aromatic carbocycles. The number of nitrogens with one attached hydrogen (secondary N) is 2. The van der Waals surface area contributed by atoms with Crippen LogP contribution in [0, 0.1) is 5.41 Å². The molecule has 6 N–H and O–H groups in total. The summed E-state index contributed by atoms with van der Waals surface area (Å²) in [5.74, 6) is 1.20. The largest absolute Gasteiger partial charge is 0.384 e. The predicted octanol–water partition coefficient (Wildman–Crippen LogP) is 5.66. The Morgan fingerprint density at radius 2 is 1.62 bits per heavy atom. The molecule has 1 atom stereocenters. The highest BCUT2D eigenvalue weighted by atomic mass is 35.5. The highest BCUT2D eigenvalue weighted by Crippen LogP contribution is 2.48. The van der Waals surface area contributed by atoms with Crippen molar-refractivity contribution in [1.29, 1.82) is 5.41 Å². The van der Waals surface area contributed by atoms with Gasteiger partial charge in [-0.15, -0.1) is 0 Å². The van der Waals surface area contributed by atoms with Crippen LogP contribution in [-0.2, 0) is 0 Å². The van der Waals surface area contributed by atoms with Gasteiger partial charge in [-0.05, 0) is 29.8 Å². The van der Waals surface area contributed by atoms with Gasteiger partial charge < -0.3 is 16.5 Å². The molecule has 0 saturated heterocycles. The van der Waals surface area contributed by atoms with Crippen LogP contribution in [0.15, 0.2) is 101 Å². The number of hydrogen-bond acceptors (Lipinski definition) is 6. The summed E-state index contributed by atoms with van der Waals surface area (Å²) in [5.41, 5.74) is 16.0. The molecule has 6 rings (SSSR count). The lowest BCUT2D eigenvalue weighted by Gasteiger charge is -2.29. The quantitative estimate of drug-likeness (QED) is 0.131. The number of nitrogen functional groups attached to an aromatic ring is 2. The summed E-state index contributed by atoms with van der Waals surface area (Å²) < 4.78 is -0.0836. The van der Waals surface area contributed by atoms with Gasteiger partial charge in [-0.25, -0.2) is 4.98 Å². The number of nitrogens with two attached hydrogens (primary N) is 2. The van der Waals surface area contributed by atoms with Crippen LogP contribution in [0.2, 0.25) is 5.02 Å². The number of aromatic nitrogens is 3. The average Bonchev–Trinajstić information content (AvgIpc) is 3.35. The Morgan fingerprint density at radius 1 is 0.897 bits per heavy atom. The number of amidine groups is 1. The van der Waals surface area contributed by atoms with E-state index in [2.05, 4.69) is 15.0 Å². The summed E-state index contributed by atoms with van der Waals surface area (Å²) in [6.45, 7) is 0. The predicted molar refractivity (Wildman–Crippen MR) is 156 cm³/mol. The molecule has 1 unspecified atom stereocenters. The lowest BCUT2D eigenvalue weighted by Crippen LogP contribution is -2.36. The molecule has 0 fully saturated rings. The molecule has 2 aromatic heterocycles. The summed E-state index contributed by atoms with van der Waals surface area (Å²) in [6, 6.07) is 25.8. The zero-order valence-corrected chi connectivity index (χ0v) is 21.2. The Bertz CT molecular complexity index is 1810. The summed E-state index contributed by atoms with van der Waals surface area (Å²) in [5, 5.41) is 8.52. The van der Waals surface area contributed by atoms with Gasteiger partial charge in [0.1, 0.15) is 23.2 Å². The van der Waals surface area contributed by atoms with Crippen molar-refractivity contribution in [1.82, 2.24) is 19.4 Å². The molecule has 39 heavy (non-hydrogen) atoms. The number of quaternary nitrogens is 1. The summed E-state index contributed by atoms with van der Waals surface area (Å²) >= 11 is 6.21. The molecule has 9 nitrogen and oxygen atoms in total. The maximum atomic E-state index is 13.3. The molecule has 0 amide bonds. The van der Waals surface area contributed by atoms with Crippen molar-refractivity contribution in [2.45, 2.75) is 0 Å². The topological polar surface area (TPSA) is 147 Å². The number of rotatable bonds is 5. The van der Waals surface area contributed by atoms with Gasteiger partial charge in [0.15, 0.2) is 5.69 Å². The zero-order valence-electron chi connectivity index (χ0n) is 20.5. The number of nitrogens with zero attached hydrogens (tertiary/aromatic N) is 4. The van der Waals surface area contributed by atoms with Crippen molar-refractivity contribution in [3.05, 3.63) is 112 Å². The monoisotopic (exact) mass is 533 g/mol. The van der Waals surface area contributed by atoms with E-state index in [0.717, 1.165) is 22.4 Å². The average molecular weight is 534 g/mol. The number of fused-ring (bicyclic) bond motifs is 1. The first-order chi connectivity index (χ1) is 18.8. The fourth-order valence-electron chi connectivity index (χ4n) is 4.65. The first-order valence-corrected chi connectivity index (χ1v) is 12.4. The number of halogens is 1. The van der Waals surface area contributed by atoms with Crippen molar-refractivity contribution in [2.24, 2.45) is 10.7 Å². The van der Waals surface area contributed by atoms with Crippen LogP contribution in [-0.4, -0.2) is 27.1 Å². The van der Waals surface area contributed by atoms with E-state index in [4.69, 9.17) is 33.5 Å². The standard InChI is InChI=1S/C29H21ClN8O/c30-21-9-11-22(12-10-21)38(23-3-1-2-19(14-23)26(32)33)16-35-25-28(38)36-27(37-29(25)39)18-6-4-17(5-7-18)20-8-13-24(31)34-15-20/h1-16H,(H5-,31,32,33,34,36,37,39)/p+1. The highest BCUT2D eigenvalue weighted by Gasteiger charge is 2.45. The minimum atomic E-state index is -0.366. The van der Waals surface area contributed by atoms with Gasteiger partial charge in [0.25, 0.3) is 11.4 Å². The van der Waals surface area contributed by atoms with E-state index >= 15 is 0 Å². The Labute approximate surface area is 228 Å². The zero-order chi connectivity index (χ0) is 27.1. The van der Waals surface area contributed by atoms with Crippen LogP contribution in [0.1, 0.15) is 5.56 Å². The number of pyridine rings is 1. The second kappa shape index (κ2) is 9.32. The van der Waals surface area contributed by atoms with E-state index < -0.39 is 0 Å². The summed E-state index contributed by atoms with van der Waals surface area (Å²) in [4.78, 5) is 29.8. The molecule has 0 radical (unpaired) electrons. The van der Waals surface area contributed by atoms with Crippen molar-refractivity contribution in [3.63, 3.8) is 0 Å². The third kappa shape index (κ3) is 4.15. The molecule has 5 aromatic rings. The number of hydrogen-bond donors (Lipinski definition) is 4. The molecule has 190 valence electrons. The minimum absolute atomic E-state index is 0.0709.